The first-order chi connectivity index (χ1) is 11.7. The highest BCUT2D eigenvalue weighted by Crippen LogP contribution is 2.52. The predicted octanol–water partition coefficient (Wildman–Crippen LogP) is 3.86. The fraction of sp³-hybridized carbons (Fsp3) is 0.533. The molecule has 1 aromatic carbocycles. The molecule has 1 rings (SSSR count). The number of hydrogen-bond donors (Lipinski definition) is 3. The van der Waals surface area contributed by atoms with Gasteiger partial charge in [-0.15, -0.1) is 0 Å². The van der Waals surface area contributed by atoms with E-state index in [2.05, 4.69) is 0 Å². The summed E-state index contributed by atoms with van der Waals surface area (Å²) in [7, 11) is -7.16. The van der Waals surface area contributed by atoms with Crippen LogP contribution in [0.15, 0.2) is 29.2 Å². The van der Waals surface area contributed by atoms with E-state index in [0.717, 1.165) is 17.3 Å². The van der Waals surface area contributed by atoms with Gasteiger partial charge in [-0.05, 0) is 46.8 Å². The van der Waals surface area contributed by atoms with Crippen molar-refractivity contribution < 1.29 is 26.6 Å². The second-order valence-electron chi connectivity index (χ2n) is 5.85. The van der Waals surface area contributed by atoms with Gasteiger partial charge in [0.15, 0.2) is 5.17 Å². The van der Waals surface area contributed by atoms with Crippen LogP contribution >= 0.6 is 19.4 Å². The van der Waals surface area contributed by atoms with Crippen LogP contribution in [0.5, 0.6) is 0 Å². The van der Waals surface area contributed by atoms with Crippen molar-refractivity contribution in [3.05, 3.63) is 29.8 Å². The largest absolute Gasteiger partial charge is 0.379 e. The lowest BCUT2D eigenvalue weighted by molar-refractivity contribution is 0.145. The molecule has 0 spiro atoms. The number of rotatable bonds is 7. The molecule has 0 atom stereocenters. The number of nitrogens with two attached hydrogens (primary N) is 1. The number of nitrogens with one attached hydrogen (secondary N) is 1. The third kappa shape index (κ3) is 11.7. The van der Waals surface area contributed by atoms with E-state index >= 15 is 0 Å². The molecule has 0 aliphatic carbocycles. The van der Waals surface area contributed by atoms with Crippen molar-refractivity contribution in [2.75, 3.05) is 5.49 Å². The molecule has 0 bridgehead atoms. The van der Waals surface area contributed by atoms with E-state index < -0.39 is 17.7 Å². The Morgan fingerprint density at radius 3 is 1.92 bits per heavy atom. The molecular weight excluding hydrogens is 399 g/mol. The van der Waals surface area contributed by atoms with Gasteiger partial charge in [-0.2, -0.15) is 8.42 Å². The normalized spacial score (nSPS) is 12.0. The summed E-state index contributed by atoms with van der Waals surface area (Å²) in [6.07, 6.45) is -0.357. The van der Waals surface area contributed by atoms with Crippen molar-refractivity contribution in [1.82, 2.24) is 0 Å². The fourth-order valence-corrected chi connectivity index (χ4v) is 5.08. The molecule has 11 heteroatoms. The quantitative estimate of drug-likeness (QED) is 0.258. The molecule has 0 radical (unpaired) electrons. The number of thioether (sulfide) groups is 1. The summed E-state index contributed by atoms with van der Waals surface area (Å²) in [6.45, 7) is 8.99. The zero-order valence-electron chi connectivity index (χ0n) is 15.5. The van der Waals surface area contributed by atoms with Crippen LogP contribution in [0.4, 0.5) is 0 Å². The van der Waals surface area contributed by atoms with Gasteiger partial charge in [0.25, 0.3) is 10.1 Å². The molecule has 0 fully saturated rings. The summed E-state index contributed by atoms with van der Waals surface area (Å²) in [6, 6.07) is 5.99. The standard InChI is InChI=1S/C8H19N2O3PS.C7H8O3S/c1-6(2)12-14(11,13-7(3)4)5-15-8(9)10;1-6-2-4-7(5-3-6)11(8,9)10/h6-7H,5H2,1-4H3,(H3,9,10);2-5H,1H3,(H,8,9,10). The first-order valence-corrected chi connectivity index (χ1v) is 11.9. The van der Waals surface area contributed by atoms with E-state index in [9.17, 15) is 13.0 Å². The third-order valence-corrected chi connectivity index (χ3v) is 6.89. The minimum Gasteiger partial charge on any atom is -0.379 e. The van der Waals surface area contributed by atoms with Crippen LogP contribution in [0.3, 0.4) is 0 Å². The van der Waals surface area contributed by atoms with Crippen molar-refractivity contribution in [2.24, 2.45) is 5.73 Å². The van der Waals surface area contributed by atoms with E-state index in [0.29, 0.717) is 0 Å². The first kappa shape index (κ1) is 25.1. The SMILES string of the molecule is CC(C)OP(=O)(CSC(=N)N)OC(C)C.Cc1ccc(S(=O)(=O)O)cc1. The van der Waals surface area contributed by atoms with Gasteiger partial charge >= 0.3 is 7.60 Å². The van der Waals surface area contributed by atoms with E-state index in [1.165, 1.54) is 12.1 Å². The maximum Gasteiger partial charge on any atom is 0.341 e. The zero-order valence-corrected chi connectivity index (χ0v) is 18.0. The molecule has 0 unspecified atom stereocenters. The summed E-state index contributed by atoms with van der Waals surface area (Å²) in [4.78, 5) is -0.0666. The molecule has 1 aromatic rings. The summed E-state index contributed by atoms with van der Waals surface area (Å²) < 4.78 is 52.2. The average molecular weight is 426 g/mol. The lowest BCUT2D eigenvalue weighted by Crippen LogP contribution is -2.11. The zero-order chi connectivity index (χ0) is 20.5. The topological polar surface area (TPSA) is 140 Å². The second-order valence-corrected chi connectivity index (χ2v) is 10.7. The molecule has 0 aliphatic heterocycles. The number of benzene rings is 1. The third-order valence-electron chi connectivity index (χ3n) is 2.44. The molecule has 0 amide bonds. The average Bonchev–Trinajstić information content (AvgIpc) is 2.43. The highest BCUT2D eigenvalue weighted by Gasteiger charge is 2.28. The van der Waals surface area contributed by atoms with Crippen LogP contribution in [0.2, 0.25) is 0 Å². The van der Waals surface area contributed by atoms with Gasteiger partial charge in [-0.1, -0.05) is 29.5 Å². The van der Waals surface area contributed by atoms with Crippen molar-refractivity contribution in [2.45, 2.75) is 51.7 Å². The van der Waals surface area contributed by atoms with Crippen LogP contribution in [-0.4, -0.2) is 35.8 Å². The van der Waals surface area contributed by atoms with Crippen LogP contribution in [0.25, 0.3) is 0 Å². The molecule has 0 saturated heterocycles. The molecule has 0 heterocycles. The molecule has 4 N–H and O–H groups in total. The molecule has 150 valence electrons. The lowest BCUT2D eigenvalue weighted by Gasteiger charge is -2.22. The maximum absolute atomic E-state index is 12.1. The van der Waals surface area contributed by atoms with Gasteiger partial charge < -0.3 is 14.8 Å². The Morgan fingerprint density at radius 2 is 1.62 bits per heavy atom. The summed E-state index contributed by atoms with van der Waals surface area (Å²) in [5.74, 6) is 0. The van der Waals surface area contributed by atoms with Crippen LogP contribution in [-0.2, 0) is 23.7 Å². The lowest BCUT2D eigenvalue weighted by atomic mass is 10.2. The predicted molar refractivity (Wildman–Crippen MR) is 105 cm³/mol. The van der Waals surface area contributed by atoms with Crippen LogP contribution < -0.4 is 5.73 Å². The summed E-state index contributed by atoms with van der Waals surface area (Å²) in [5.41, 5.74) is 6.21. The van der Waals surface area contributed by atoms with Gasteiger partial charge in [-0.3, -0.25) is 14.5 Å². The van der Waals surface area contributed by atoms with E-state index in [1.54, 1.807) is 39.8 Å². The molecule has 0 aliphatic rings. The minimum absolute atomic E-state index is 0.0666. The Kier molecular flexibility index (Phi) is 10.7. The maximum atomic E-state index is 12.1. The minimum atomic E-state index is -4.02. The highest BCUT2D eigenvalue weighted by atomic mass is 32.2. The number of hydrogen-bond acceptors (Lipinski definition) is 7. The van der Waals surface area contributed by atoms with Gasteiger partial charge in [0.1, 0.15) is 5.49 Å². The van der Waals surface area contributed by atoms with Crippen molar-refractivity contribution in [3.63, 3.8) is 0 Å². The molecule has 8 nitrogen and oxygen atoms in total. The van der Waals surface area contributed by atoms with Crippen LogP contribution in [0.1, 0.15) is 33.3 Å². The van der Waals surface area contributed by atoms with E-state index in [4.69, 9.17) is 24.7 Å². The highest BCUT2D eigenvalue weighted by molar-refractivity contribution is 8.17. The van der Waals surface area contributed by atoms with Crippen LogP contribution in [0, 0.1) is 12.3 Å². The Hall–Kier alpha value is -0.900. The Morgan fingerprint density at radius 1 is 1.19 bits per heavy atom. The van der Waals surface area contributed by atoms with Gasteiger partial charge in [0.2, 0.25) is 0 Å². The summed E-state index contributed by atoms with van der Waals surface area (Å²) >= 11 is 0.970. The summed E-state index contributed by atoms with van der Waals surface area (Å²) in [5, 5.41) is 6.96. The Bertz CT molecular complexity index is 706. The van der Waals surface area contributed by atoms with Gasteiger partial charge in [0.05, 0.1) is 17.1 Å². The van der Waals surface area contributed by atoms with Crippen molar-refractivity contribution in [1.29, 1.82) is 5.41 Å². The van der Waals surface area contributed by atoms with Crippen molar-refractivity contribution >= 4 is 34.6 Å². The molecule has 0 saturated carbocycles. The smallest absolute Gasteiger partial charge is 0.341 e. The first-order valence-electron chi connectivity index (χ1n) is 7.72. The fourth-order valence-electron chi connectivity index (χ4n) is 1.59. The molecule has 0 aromatic heterocycles. The second kappa shape index (κ2) is 11.1. The van der Waals surface area contributed by atoms with E-state index in [1.807, 2.05) is 6.92 Å². The monoisotopic (exact) mass is 426 g/mol. The number of aryl methyl sites for hydroxylation is 1. The Balaban J connectivity index is 0.000000502. The van der Waals surface area contributed by atoms with Crippen molar-refractivity contribution in [3.8, 4) is 0 Å². The van der Waals surface area contributed by atoms with E-state index in [-0.39, 0.29) is 27.8 Å². The van der Waals surface area contributed by atoms with Gasteiger partial charge in [0, 0.05) is 0 Å². The Labute approximate surface area is 159 Å². The molecule has 26 heavy (non-hydrogen) atoms. The van der Waals surface area contributed by atoms with Gasteiger partial charge in [-0.25, -0.2) is 0 Å². The molecular formula is C15H27N2O6PS2. The number of amidine groups is 1.